The summed E-state index contributed by atoms with van der Waals surface area (Å²) in [5.41, 5.74) is 2.93. The Bertz CT molecular complexity index is 1210. The third kappa shape index (κ3) is 7.05. The molecule has 3 rings (SSSR count). The Hall–Kier alpha value is -3.40. The first-order valence-corrected chi connectivity index (χ1v) is 12.2. The van der Waals surface area contributed by atoms with Gasteiger partial charge in [0.25, 0.3) is 5.91 Å². The molecular weight excluding hydrogens is 469 g/mol. The lowest BCUT2D eigenvalue weighted by atomic mass is 10.0. The number of aryl methyl sites for hydroxylation is 1. The number of amides is 2. The van der Waals surface area contributed by atoms with Crippen LogP contribution in [0, 0.1) is 19.7 Å². The summed E-state index contributed by atoms with van der Waals surface area (Å²) < 4.78 is 21.1. The highest BCUT2D eigenvalue weighted by molar-refractivity contribution is 7.99. The number of carbonyl (C=O) groups is 2. The van der Waals surface area contributed by atoms with E-state index in [0.717, 1.165) is 11.1 Å². The highest BCUT2D eigenvalue weighted by Gasteiger charge is 2.15. The van der Waals surface area contributed by atoms with Crippen LogP contribution in [0.1, 0.15) is 42.3 Å². The second-order valence-corrected chi connectivity index (χ2v) is 9.41. The largest absolute Gasteiger partial charge is 0.483 e. The third-order valence-electron chi connectivity index (χ3n) is 5.39. The van der Waals surface area contributed by atoms with Crippen molar-refractivity contribution in [2.24, 2.45) is 7.05 Å². The smallest absolute Gasteiger partial charge is 0.258 e. The number of hydrogen-bond donors (Lipinski definition) is 2. The Kier molecular flexibility index (Phi) is 8.86. The lowest BCUT2D eigenvalue weighted by Gasteiger charge is -2.14. The summed E-state index contributed by atoms with van der Waals surface area (Å²) in [7, 11) is 1.76. The Morgan fingerprint density at radius 1 is 1.14 bits per heavy atom. The van der Waals surface area contributed by atoms with Gasteiger partial charge in [-0.15, -0.1) is 10.2 Å². The van der Waals surface area contributed by atoms with Gasteiger partial charge >= 0.3 is 0 Å². The molecule has 1 heterocycles. The number of anilines is 1. The van der Waals surface area contributed by atoms with E-state index in [1.165, 1.54) is 17.8 Å². The van der Waals surface area contributed by atoms with Crippen molar-refractivity contribution >= 4 is 29.3 Å². The maximum Gasteiger partial charge on any atom is 0.258 e. The summed E-state index contributed by atoms with van der Waals surface area (Å²) >= 11 is 1.20. The maximum absolute atomic E-state index is 13.6. The second kappa shape index (κ2) is 11.8. The Morgan fingerprint density at radius 2 is 1.91 bits per heavy atom. The van der Waals surface area contributed by atoms with Crippen LogP contribution in [0.3, 0.4) is 0 Å². The van der Waals surface area contributed by atoms with Gasteiger partial charge in [0.05, 0.1) is 12.3 Å². The van der Waals surface area contributed by atoms with Crippen molar-refractivity contribution in [1.82, 2.24) is 20.1 Å². The summed E-state index contributed by atoms with van der Waals surface area (Å²) in [5, 5.41) is 14.2. The van der Waals surface area contributed by atoms with Gasteiger partial charge in [-0.1, -0.05) is 43.8 Å². The third-order valence-corrected chi connectivity index (χ3v) is 6.41. The van der Waals surface area contributed by atoms with Gasteiger partial charge in [0.1, 0.15) is 11.6 Å². The Balaban J connectivity index is 1.49. The van der Waals surface area contributed by atoms with E-state index < -0.39 is 0 Å². The zero-order chi connectivity index (χ0) is 25.5. The summed E-state index contributed by atoms with van der Waals surface area (Å²) in [6.07, 6.45) is 0. The van der Waals surface area contributed by atoms with Crippen LogP contribution in [0.4, 0.5) is 10.1 Å². The molecule has 2 N–H and O–H groups in total. The number of ether oxygens (including phenoxy) is 1. The molecule has 0 saturated carbocycles. The topological polar surface area (TPSA) is 98.1 Å². The van der Waals surface area contributed by atoms with Crippen molar-refractivity contribution in [3.8, 4) is 5.75 Å². The van der Waals surface area contributed by atoms with Crippen LogP contribution in [0.15, 0.2) is 41.6 Å². The minimum Gasteiger partial charge on any atom is -0.483 e. The molecule has 2 amide bonds. The van der Waals surface area contributed by atoms with E-state index in [1.807, 2.05) is 25.1 Å². The molecular formula is C25H30FN5O3S. The van der Waals surface area contributed by atoms with E-state index in [9.17, 15) is 14.0 Å². The van der Waals surface area contributed by atoms with Gasteiger partial charge < -0.3 is 19.9 Å². The highest BCUT2D eigenvalue weighted by Crippen LogP contribution is 2.27. The summed E-state index contributed by atoms with van der Waals surface area (Å²) in [6, 6.07) is 10.5. The summed E-state index contributed by atoms with van der Waals surface area (Å²) in [6.45, 7) is 7.80. The van der Waals surface area contributed by atoms with Crippen molar-refractivity contribution in [2.45, 2.75) is 45.3 Å². The molecule has 0 fully saturated rings. The fourth-order valence-electron chi connectivity index (χ4n) is 3.30. The quantitative estimate of drug-likeness (QED) is 0.407. The van der Waals surface area contributed by atoms with Crippen molar-refractivity contribution in [3.05, 3.63) is 64.7 Å². The van der Waals surface area contributed by atoms with E-state index in [0.29, 0.717) is 28.0 Å². The van der Waals surface area contributed by atoms with Crippen LogP contribution in [0.25, 0.3) is 0 Å². The molecule has 35 heavy (non-hydrogen) atoms. The van der Waals surface area contributed by atoms with E-state index in [-0.39, 0.29) is 42.5 Å². The lowest BCUT2D eigenvalue weighted by molar-refractivity contribution is -0.123. The Morgan fingerprint density at radius 3 is 2.66 bits per heavy atom. The molecule has 8 nitrogen and oxygen atoms in total. The molecule has 0 aliphatic heterocycles. The van der Waals surface area contributed by atoms with Crippen LogP contribution < -0.4 is 15.4 Å². The first-order chi connectivity index (χ1) is 16.7. The van der Waals surface area contributed by atoms with E-state index in [4.69, 9.17) is 4.74 Å². The summed E-state index contributed by atoms with van der Waals surface area (Å²) in [4.78, 5) is 24.6. The zero-order valence-electron chi connectivity index (χ0n) is 20.5. The molecule has 0 atom stereocenters. The highest BCUT2D eigenvalue weighted by atomic mass is 32.2. The average Bonchev–Trinajstić information content (AvgIpc) is 3.17. The molecule has 0 aliphatic carbocycles. The van der Waals surface area contributed by atoms with Crippen LogP contribution >= 0.6 is 11.8 Å². The monoisotopic (exact) mass is 499 g/mol. The molecule has 0 spiro atoms. The SMILES string of the molecule is Cc1ccc(C(C)C)c(OCC(=O)NCc2nnc(SCC(=O)Nc3cccc(F)c3C)n2C)c1. The number of halogens is 1. The van der Waals surface area contributed by atoms with Crippen molar-refractivity contribution in [3.63, 3.8) is 0 Å². The van der Waals surface area contributed by atoms with Gasteiger partial charge in [-0.2, -0.15) is 0 Å². The molecule has 186 valence electrons. The van der Waals surface area contributed by atoms with Gasteiger partial charge in [-0.3, -0.25) is 9.59 Å². The minimum atomic E-state index is -0.375. The van der Waals surface area contributed by atoms with E-state index >= 15 is 0 Å². The number of nitrogens with one attached hydrogen (secondary N) is 2. The molecule has 0 bridgehead atoms. The predicted molar refractivity (Wildman–Crippen MR) is 134 cm³/mol. The molecule has 3 aromatic rings. The Labute approximate surface area is 208 Å². The van der Waals surface area contributed by atoms with Crippen LogP contribution in [-0.2, 0) is 23.2 Å². The maximum atomic E-state index is 13.6. The number of thioether (sulfide) groups is 1. The van der Waals surface area contributed by atoms with Crippen molar-refractivity contribution in [1.29, 1.82) is 0 Å². The molecule has 2 aromatic carbocycles. The van der Waals surface area contributed by atoms with Crippen LogP contribution in [0.2, 0.25) is 0 Å². The van der Waals surface area contributed by atoms with Gasteiger partial charge in [-0.25, -0.2) is 4.39 Å². The average molecular weight is 500 g/mol. The minimum absolute atomic E-state index is 0.0802. The zero-order valence-corrected chi connectivity index (χ0v) is 21.3. The molecule has 0 aliphatic rings. The van der Waals surface area contributed by atoms with E-state index in [2.05, 4.69) is 34.7 Å². The number of nitrogens with zero attached hydrogens (tertiary/aromatic N) is 3. The van der Waals surface area contributed by atoms with Crippen LogP contribution in [-0.4, -0.2) is 38.9 Å². The number of rotatable bonds is 10. The number of hydrogen-bond acceptors (Lipinski definition) is 6. The van der Waals surface area contributed by atoms with Gasteiger partial charge in [0.15, 0.2) is 17.6 Å². The number of carbonyl (C=O) groups excluding carboxylic acids is 2. The van der Waals surface area contributed by atoms with Crippen molar-refractivity contribution in [2.75, 3.05) is 17.7 Å². The van der Waals surface area contributed by atoms with Gasteiger partial charge in [-0.05, 0) is 49.1 Å². The van der Waals surface area contributed by atoms with Gasteiger partial charge in [0.2, 0.25) is 5.91 Å². The fourth-order valence-corrected chi connectivity index (χ4v) is 4.03. The number of aromatic nitrogens is 3. The van der Waals surface area contributed by atoms with E-state index in [1.54, 1.807) is 30.7 Å². The molecule has 10 heteroatoms. The lowest BCUT2D eigenvalue weighted by Crippen LogP contribution is -2.29. The van der Waals surface area contributed by atoms with Gasteiger partial charge in [0, 0.05) is 18.3 Å². The summed E-state index contributed by atoms with van der Waals surface area (Å²) in [5.74, 6) is 0.679. The number of benzene rings is 2. The normalized spacial score (nSPS) is 10.9. The molecule has 0 radical (unpaired) electrons. The standard InChI is InChI=1S/C25H30FN5O3S/c1-15(2)18-10-9-16(3)11-21(18)34-13-23(32)27-12-22-29-30-25(31(22)5)35-14-24(33)28-20-8-6-7-19(26)17(20)4/h6-11,15H,12-14H2,1-5H3,(H,27,32)(H,28,33). The van der Waals surface area contributed by atoms with Crippen molar-refractivity contribution < 1.29 is 18.7 Å². The molecule has 0 unspecified atom stereocenters. The molecule has 0 saturated heterocycles. The second-order valence-electron chi connectivity index (χ2n) is 8.47. The predicted octanol–water partition coefficient (Wildman–Crippen LogP) is 4.12. The first kappa shape index (κ1) is 26.2. The van der Waals surface area contributed by atoms with Crippen LogP contribution in [0.5, 0.6) is 5.75 Å². The fraction of sp³-hybridized carbons (Fsp3) is 0.360. The molecule has 1 aromatic heterocycles. The first-order valence-electron chi connectivity index (χ1n) is 11.2.